The number of aromatic nitrogens is 1. The summed E-state index contributed by atoms with van der Waals surface area (Å²) in [6.07, 6.45) is 3.60. The molecule has 0 unspecified atom stereocenters. The van der Waals surface area contributed by atoms with Gasteiger partial charge in [0.25, 0.3) is 0 Å². The van der Waals surface area contributed by atoms with Gasteiger partial charge in [0, 0.05) is 34.5 Å². The van der Waals surface area contributed by atoms with E-state index in [1.807, 2.05) is 42.6 Å². The molecule has 1 aromatic carbocycles. The average Bonchev–Trinajstić information content (AvgIpc) is 2.96. The number of nitrogens with one attached hydrogen (secondary N) is 1. The maximum atomic E-state index is 6.01. The van der Waals surface area contributed by atoms with Crippen LogP contribution >= 0.6 is 23.2 Å². The monoisotopic (exact) mass is 402 g/mol. The molecule has 0 aliphatic rings. The Morgan fingerprint density at radius 2 is 1.71 bits per heavy atom. The summed E-state index contributed by atoms with van der Waals surface area (Å²) in [5.74, 6) is 1.61. The Morgan fingerprint density at radius 1 is 0.958 bits per heavy atom. The molecule has 0 fully saturated rings. The van der Waals surface area contributed by atoms with Crippen molar-refractivity contribution in [2.75, 3.05) is 0 Å². The number of nitrogens with zero attached hydrogens (tertiary/aromatic N) is 1. The lowest BCUT2D eigenvalue weighted by atomic mass is 10.2. The van der Waals surface area contributed by atoms with Crippen LogP contribution in [0.4, 0.5) is 0 Å². The minimum atomic E-state index is 0. The van der Waals surface area contributed by atoms with E-state index in [4.69, 9.17) is 27.6 Å². The largest absolute Gasteiger partial charge is 1.00 e. The number of furan rings is 1. The zero-order chi connectivity index (χ0) is 15.4. The molecule has 0 atom stereocenters. The van der Waals surface area contributed by atoms with Gasteiger partial charge in [0.15, 0.2) is 0 Å². The van der Waals surface area contributed by atoms with Gasteiger partial charge in [-0.15, -0.1) is 0 Å². The molecule has 3 nitrogen and oxygen atoms in total. The van der Waals surface area contributed by atoms with Gasteiger partial charge in [0.05, 0.1) is 6.54 Å². The molecule has 128 valence electrons. The summed E-state index contributed by atoms with van der Waals surface area (Å²) in [6, 6.07) is 13.2. The van der Waals surface area contributed by atoms with Crippen molar-refractivity contribution in [2.24, 2.45) is 0 Å². The molecule has 0 spiro atoms. The first-order chi connectivity index (χ1) is 10.7. The van der Waals surface area contributed by atoms with Crippen LogP contribution in [0.3, 0.4) is 0 Å². The van der Waals surface area contributed by atoms with Crippen molar-refractivity contribution in [2.45, 2.75) is 13.1 Å². The smallest absolute Gasteiger partial charge is 0.134 e. The number of rotatable bonds is 5. The minimum Gasteiger partial charge on any atom is -1.00 e. The molecule has 2 heterocycles. The van der Waals surface area contributed by atoms with Gasteiger partial charge in [-0.25, -0.2) is 0 Å². The van der Waals surface area contributed by atoms with Crippen molar-refractivity contribution in [1.29, 1.82) is 0 Å². The first-order valence-electron chi connectivity index (χ1n) is 6.85. The number of hydrogen-bond donors (Lipinski definition) is 1. The molecular weight excluding hydrogens is 390 g/mol. The molecule has 0 aliphatic heterocycles. The van der Waals surface area contributed by atoms with Crippen LogP contribution in [0, 0.1) is 0 Å². The second-order valence-electron chi connectivity index (χ2n) is 4.89. The van der Waals surface area contributed by atoms with Crippen LogP contribution in [0.5, 0.6) is 0 Å². The molecule has 0 amide bonds. The molecule has 0 bridgehead atoms. The fraction of sp³-hybridized carbons (Fsp3) is 0.118. The Morgan fingerprint density at radius 3 is 2.38 bits per heavy atom. The topological polar surface area (TPSA) is 38.1 Å². The van der Waals surface area contributed by atoms with E-state index in [0.717, 1.165) is 29.2 Å². The Kier molecular flexibility index (Phi) is 8.60. The van der Waals surface area contributed by atoms with Crippen molar-refractivity contribution in [1.82, 2.24) is 10.3 Å². The third kappa shape index (κ3) is 5.69. The highest BCUT2D eigenvalue weighted by atomic mass is 35.5. The van der Waals surface area contributed by atoms with E-state index in [-0.39, 0.29) is 24.8 Å². The fourth-order valence-corrected chi connectivity index (χ4v) is 2.68. The van der Waals surface area contributed by atoms with Crippen molar-refractivity contribution in [3.8, 4) is 11.3 Å². The maximum Gasteiger partial charge on any atom is 0.134 e. The van der Waals surface area contributed by atoms with Crippen molar-refractivity contribution in [3.05, 3.63) is 76.2 Å². The molecule has 3 rings (SSSR count). The van der Waals surface area contributed by atoms with Crippen LogP contribution in [-0.4, -0.2) is 4.98 Å². The molecule has 0 radical (unpaired) electrons. The SMILES string of the molecule is Clc1cc(Cl)cc(-c2ccc(CNCc3cccnc3)o2)c1.[Cl-].[Cl-]. The van der Waals surface area contributed by atoms with Crippen LogP contribution in [-0.2, 0) is 13.1 Å². The van der Waals surface area contributed by atoms with E-state index in [1.54, 1.807) is 12.3 Å². The van der Waals surface area contributed by atoms with Crippen LogP contribution in [0.1, 0.15) is 11.3 Å². The number of pyridine rings is 1. The normalized spacial score (nSPS) is 9.92. The first kappa shape index (κ1) is 20.8. The van der Waals surface area contributed by atoms with E-state index in [0.29, 0.717) is 16.6 Å². The molecular formula is C17H14Cl4N2O-2. The summed E-state index contributed by atoms with van der Waals surface area (Å²) in [4.78, 5) is 4.08. The molecule has 2 aromatic heterocycles. The van der Waals surface area contributed by atoms with E-state index >= 15 is 0 Å². The molecule has 3 aromatic rings. The lowest BCUT2D eigenvalue weighted by Gasteiger charge is -2.03. The molecule has 1 N–H and O–H groups in total. The lowest BCUT2D eigenvalue weighted by molar-refractivity contribution is -0.00100. The van der Waals surface area contributed by atoms with Gasteiger partial charge in [-0.05, 0) is 42.0 Å². The third-order valence-corrected chi connectivity index (χ3v) is 3.60. The number of hydrogen-bond acceptors (Lipinski definition) is 3. The molecule has 24 heavy (non-hydrogen) atoms. The Bertz CT molecular complexity index is 742. The van der Waals surface area contributed by atoms with E-state index in [1.165, 1.54) is 0 Å². The zero-order valence-electron chi connectivity index (χ0n) is 12.5. The van der Waals surface area contributed by atoms with Gasteiger partial charge in [0.2, 0.25) is 0 Å². The molecule has 0 saturated carbocycles. The van der Waals surface area contributed by atoms with Crippen LogP contribution in [0.25, 0.3) is 11.3 Å². The van der Waals surface area contributed by atoms with Crippen molar-refractivity contribution < 1.29 is 29.2 Å². The third-order valence-electron chi connectivity index (χ3n) is 3.16. The van der Waals surface area contributed by atoms with E-state index in [9.17, 15) is 0 Å². The summed E-state index contributed by atoms with van der Waals surface area (Å²) in [5.41, 5.74) is 2.01. The average molecular weight is 404 g/mol. The van der Waals surface area contributed by atoms with Crippen LogP contribution in [0.15, 0.2) is 59.3 Å². The van der Waals surface area contributed by atoms with Gasteiger partial charge >= 0.3 is 0 Å². The predicted molar refractivity (Wildman–Crippen MR) is 88.9 cm³/mol. The van der Waals surface area contributed by atoms with Crippen molar-refractivity contribution >= 4 is 23.2 Å². The van der Waals surface area contributed by atoms with Gasteiger partial charge in [-0.3, -0.25) is 4.98 Å². The molecule has 0 saturated heterocycles. The summed E-state index contributed by atoms with van der Waals surface area (Å²) >= 11 is 12.0. The zero-order valence-corrected chi connectivity index (χ0v) is 15.5. The number of halogens is 4. The Hall–Kier alpha value is -1.23. The van der Waals surface area contributed by atoms with Gasteiger partial charge in [0.1, 0.15) is 11.5 Å². The van der Waals surface area contributed by atoms with Gasteiger partial charge < -0.3 is 34.5 Å². The number of benzene rings is 1. The van der Waals surface area contributed by atoms with Crippen LogP contribution in [0.2, 0.25) is 10.0 Å². The summed E-state index contributed by atoms with van der Waals surface area (Å²) in [6.45, 7) is 1.38. The molecule has 0 aliphatic carbocycles. The van der Waals surface area contributed by atoms with Crippen LogP contribution < -0.4 is 30.1 Å². The highest BCUT2D eigenvalue weighted by Crippen LogP contribution is 2.28. The van der Waals surface area contributed by atoms with Gasteiger partial charge in [-0.2, -0.15) is 0 Å². The van der Waals surface area contributed by atoms with E-state index < -0.39 is 0 Å². The standard InChI is InChI=1S/C17H14Cl2N2O.2ClH/c18-14-6-13(7-15(19)8-14)17-4-3-16(22-17)11-21-10-12-2-1-5-20-9-12;;/h1-9,21H,10-11H2;2*1H/p-2. The summed E-state index contributed by atoms with van der Waals surface area (Å²) in [5, 5.41) is 4.51. The predicted octanol–water partition coefficient (Wildman–Crippen LogP) is -1.05. The second kappa shape index (κ2) is 9.92. The summed E-state index contributed by atoms with van der Waals surface area (Å²) < 4.78 is 5.82. The fourth-order valence-electron chi connectivity index (χ4n) is 2.16. The second-order valence-corrected chi connectivity index (χ2v) is 5.76. The lowest BCUT2D eigenvalue weighted by Crippen LogP contribution is -3.00. The highest BCUT2D eigenvalue weighted by Gasteiger charge is 2.07. The molecule has 7 heteroatoms. The Labute approximate surface area is 163 Å². The maximum absolute atomic E-state index is 6.01. The Balaban J connectivity index is 0.00000144. The summed E-state index contributed by atoms with van der Waals surface area (Å²) in [7, 11) is 0. The quantitative estimate of drug-likeness (QED) is 0.590. The van der Waals surface area contributed by atoms with Gasteiger partial charge in [-0.1, -0.05) is 29.3 Å². The van der Waals surface area contributed by atoms with Crippen molar-refractivity contribution in [3.63, 3.8) is 0 Å². The van der Waals surface area contributed by atoms with E-state index in [2.05, 4.69) is 10.3 Å². The first-order valence-corrected chi connectivity index (χ1v) is 7.61. The minimum absolute atomic E-state index is 0. The highest BCUT2D eigenvalue weighted by molar-refractivity contribution is 6.35.